The van der Waals surface area contributed by atoms with Crippen LogP contribution in [0.25, 0.3) is 11.3 Å². The topological polar surface area (TPSA) is 105 Å². The SMILES string of the molecule is COc1ccc(-c2cc(C(F)(F)F)c(C#N)c(SCC(=O)Nc3c[n+](C)no3)n2)cc1. The molecule has 0 spiro atoms. The Morgan fingerprint density at radius 1 is 1.35 bits per heavy atom. The number of benzene rings is 1. The molecular weight excluding hydrogens is 435 g/mol. The molecule has 0 fully saturated rings. The Morgan fingerprint density at radius 2 is 2.06 bits per heavy atom. The summed E-state index contributed by atoms with van der Waals surface area (Å²) in [6, 6.07) is 8.65. The number of halogens is 3. The van der Waals surface area contributed by atoms with Gasteiger partial charge in [-0.25, -0.2) is 4.98 Å². The summed E-state index contributed by atoms with van der Waals surface area (Å²) in [5.41, 5.74) is -1.36. The predicted octanol–water partition coefficient (Wildman–Crippen LogP) is 3.19. The number of carbonyl (C=O) groups is 1. The fourth-order valence-electron chi connectivity index (χ4n) is 2.56. The highest BCUT2D eigenvalue weighted by molar-refractivity contribution is 8.00. The second-order valence-corrected chi connectivity index (χ2v) is 7.11. The smallest absolute Gasteiger partial charge is 0.417 e. The number of anilines is 1. The molecule has 0 saturated carbocycles. The molecule has 0 radical (unpaired) electrons. The quantitative estimate of drug-likeness (QED) is 0.454. The van der Waals surface area contributed by atoms with E-state index in [-0.39, 0.29) is 22.4 Å². The number of rotatable bonds is 6. The van der Waals surface area contributed by atoms with Crippen LogP contribution in [-0.2, 0) is 18.0 Å². The third kappa shape index (κ3) is 5.32. The summed E-state index contributed by atoms with van der Waals surface area (Å²) in [4.78, 5) is 16.3. The van der Waals surface area contributed by atoms with Crippen LogP contribution < -0.4 is 14.7 Å². The van der Waals surface area contributed by atoms with Gasteiger partial charge in [0.05, 0.1) is 29.7 Å². The van der Waals surface area contributed by atoms with Gasteiger partial charge in [0.2, 0.25) is 5.91 Å². The molecule has 2 aromatic heterocycles. The number of aromatic nitrogens is 3. The standard InChI is InChI=1S/C19H14F3N5O3S/c1-27-9-17(30-26-27)25-16(28)10-31-18-13(8-23)14(19(20,21)22)7-15(24-18)11-3-5-12(29-2)6-4-11/h3-7,9H,10H2,1-2H3/p+1. The Hall–Kier alpha value is -3.59. The van der Waals surface area contributed by atoms with E-state index in [2.05, 4.69) is 15.6 Å². The van der Waals surface area contributed by atoms with E-state index in [0.717, 1.165) is 6.07 Å². The van der Waals surface area contributed by atoms with Gasteiger partial charge in [-0.2, -0.15) is 18.4 Å². The minimum Gasteiger partial charge on any atom is -0.497 e. The van der Waals surface area contributed by atoms with E-state index in [0.29, 0.717) is 23.1 Å². The van der Waals surface area contributed by atoms with Gasteiger partial charge in [-0.1, -0.05) is 16.4 Å². The second-order valence-electron chi connectivity index (χ2n) is 6.15. The first kappa shape index (κ1) is 22.1. The van der Waals surface area contributed by atoms with Crippen LogP contribution in [0.15, 0.2) is 46.1 Å². The lowest BCUT2D eigenvalue weighted by Gasteiger charge is -2.14. The fourth-order valence-corrected chi connectivity index (χ4v) is 3.36. The zero-order chi connectivity index (χ0) is 22.6. The van der Waals surface area contributed by atoms with E-state index in [1.807, 2.05) is 0 Å². The first-order valence-corrected chi connectivity index (χ1v) is 9.62. The van der Waals surface area contributed by atoms with Gasteiger partial charge in [-0.05, 0) is 30.3 Å². The third-order valence-corrected chi connectivity index (χ3v) is 4.94. The van der Waals surface area contributed by atoms with Gasteiger partial charge in [0.15, 0.2) is 12.3 Å². The Bertz CT molecular complexity index is 1140. The van der Waals surface area contributed by atoms with Crippen molar-refractivity contribution in [2.45, 2.75) is 11.2 Å². The lowest BCUT2D eigenvalue weighted by Crippen LogP contribution is -2.28. The number of nitriles is 1. The predicted molar refractivity (Wildman–Crippen MR) is 103 cm³/mol. The van der Waals surface area contributed by atoms with E-state index in [9.17, 15) is 23.2 Å². The number of alkyl halides is 3. The number of carbonyl (C=O) groups excluding carboxylic acids is 1. The Balaban J connectivity index is 1.93. The Morgan fingerprint density at radius 3 is 2.61 bits per heavy atom. The molecule has 0 aliphatic rings. The van der Waals surface area contributed by atoms with Gasteiger partial charge >= 0.3 is 12.1 Å². The molecule has 0 saturated heterocycles. The molecule has 12 heteroatoms. The van der Waals surface area contributed by atoms with Gasteiger partial charge < -0.3 is 4.74 Å². The number of nitrogens with zero attached hydrogens (tertiary/aromatic N) is 4. The molecule has 1 aromatic carbocycles. The molecule has 1 amide bonds. The van der Waals surface area contributed by atoms with E-state index in [1.54, 1.807) is 37.4 Å². The Labute approximate surface area is 178 Å². The van der Waals surface area contributed by atoms with Gasteiger partial charge in [0, 0.05) is 5.56 Å². The number of amides is 1. The largest absolute Gasteiger partial charge is 0.497 e. The highest BCUT2D eigenvalue weighted by Gasteiger charge is 2.36. The van der Waals surface area contributed by atoms with Crippen LogP contribution in [-0.4, -0.2) is 29.0 Å². The average molecular weight is 450 g/mol. The summed E-state index contributed by atoms with van der Waals surface area (Å²) in [5, 5.41) is 15.1. The molecule has 3 rings (SSSR count). The lowest BCUT2D eigenvalue weighted by molar-refractivity contribution is -0.739. The van der Waals surface area contributed by atoms with Crippen LogP contribution in [0.5, 0.6) is 5.75 Å². The number of ether oxygens (including phenoxy) is 1. The van der Waals surface area contributed by atoms with Crippen LogP contribution in [0.2, 0.25) is 0 Å². The minimum absolute atomic E-state index is 0.0131. The first-order chi connectivity index (χ1) is 14.7. The molecule has 0 bridgehead atoms. The second kappa shape index (κ2) is 9.05. The molecule has 0 unspecified atom stereocenters. The number of nitrogens with one attached hydrogen (secondary N) is 1. The molecule has 2 heterocycles. The summed E-state index contributed by atoms with van der Waals surface area (Å²) < 4.78 is 52.0. The van der Waals surface area contributed by atoms with Crippen molar-refractivity contribution in [3.05, 3.63) is 47.7 Å². The highest BCUT2D eigenvalue weighted by Crippen LogP contribution is 2.38. The van der Waals surface area contributed by atoms with Crippen molar-refractivity contribution in [3.63, 3.8) is 0 Å². The van der Waals surface area contributed by atoms with Gasteiger partial charge in [0.1, 0.15) is 16.8 Å². The molecule has 1 N–H and O–H groups in total. The number of aryl methyl sites for hydroxylation is 1. The lowest BCUT2D eigenvalue weighted by atomic mass is 10.1. The van der Waals surface area contributed by atoms with E-state index < -0.39 is 23.2 Å². The maximum atomic E-state index is 13.6. The number of hydrogen-bond donors (Lipinski definition) is 1. The molecule has 0 aliphatic carbocycles. The normalized spacial score (nSPS) is 11.1. The average Bonchev–Trinajstić information content (AvgIpc) is 3.15. The fraction of sp³-hybridized carbons (Fsp3) is 0.211. The van der Waals surface area contributed by atoms with Crippen LogP contribution in [0.3, 0.4) is 0 Å². The summed E-state index contributed by atoms with van der Waals surface area (Å²) in [7, 11) is 3.05. The molecular formula is C19H15F3N5O3S+. The molecule has 3 aromatic rings. The van der Waals surface area contributed by atoms with Crippen molar-refractivity contribution in [1.29, 1.82) is 5.26 Å². The number of hydrogen-bond acceptors (Lipinski definition) is 7. The number of pyridine rings is 1. The first-order valence-electron chi connectivity index (χ1n) is 8.63. The van der Waals surface area contributed by atoms with E-state index >= 15 is 0 Å². The third-order valence-electron chi connectivity index (χ3n) is 3.96. The molecule has 8 nitrogen and oxygen atoms in total. The van der Waals surface area contributed by atoms with E-state index in [4.69, 9.17) is 9.26 Å². The van der Waals surface area contributed by atoms with Crippen LogP contribution in [0.4, 0.5) is 19.1 Å². The Kier molecular flexibility index (Phi) is 6.45. The van der Waals surface area contributed by atoms with Crippen LogP contribution >= 0.6 is 11.8 Å². The van der Waals surface area contributed by atoms with Crippen molar-refractivity contribution >= 4 is 23.6 Å². The van der Waals surface area contributed by atoms with Crippen LogP contribution in [0.1, 0.15) is 11.1 Å². The zero-order valence-electron chi connectivity index (χ0n) is 16.2. The summed E-state index contributed by atoms with van der Waals surface area (Å²) >= 11 is 0.713. The minimum atomic E-state index is -4.78. The molecule has 0 atom stereocenters. The van der Waals surface area contributed by atoms with Crippen molar-refractivity contribution in [2.75, 3.05) is 18.2 Å². The van der Waals surface area contributed by atoms with Gasteiger partial charge in [0.25, 0.3) is 6.20 Å². The molecule has 160 valence electrons. The van der Waals surface area contributed by atoms with Crippen molar-refractivity contribution in [3.8, 4) is 23.1 Å². The number of methoxy groups -OCH3 is 1. The molecule has 31 heavy (non-hydrogen) atoms. The van der Waals surface area contributed by atoms with Crippen LogP contribution in [0, 0.1) is 11.3 Å². The highest BCUT2D eigenvalue weighted by atomic mass is 32.2. The van der Waals surface area contributed by atoms with Crippen molar-refractivity contribution in [2.24, 2.45) is 7.05 Å². The summed E-state index contributed by atoms with van der Waals surface area (Å²) in [6.45, 7) is 0. The summed E-state index contributed by atoms with van der Waals surface area (Å²) in [6.07, 6.45) is -3.37. The number of thioether (sulfide) groups is 1. The zero-order valence-corrected chi connectivity index (χ0v) is 17.0. The summed E-state index contributed by atoms with van der Waals surface area (Å²) in [5.74, 6) is -0.254. The monoisotopic (exact) mass is 450 g/mol. The van der Waals surface area contributed by atoms with E-state index in [1.165, 1.54) is 18.0 Å². The van der Waals surface area contributed by atoms with Gasteiger partial charge in [-0.15, -0.1) is 0 Å². The van der Waals surface area contributed by atoms with Crippen molar-refractivity contribution in [1.82, 2.24) is 10.3 Å². The maximum absolute atomic E-state index is 13.6. The molecule has 0 aliphatic heterocycles. The maximum Gasteiger partial charge on any atom is 0.417 e. The van der Waals surface area contributed by atoms with Crippen molar-refractivity contribution < 1.29 is 31.9 Å². The van der Waals surface area contributed by atoms with Gasteiger partial charge in [-0.3, -0.25) is 14.6 Å².